The van der Waals surface area contributed by atoms with Crippen LogP contribution < -0.4 is 5.32 Å². The van der Waals surface area contributed by atoms with Crippen LogP contribution in [0.3, 0.4) is 0 Å². The van der Waals surface area contributed by atoms with Crippen LogP contribution in [-0.4, -0.2) is 68.2 Å². The second-order valence-electron chi connectivity index (χ2n) is 8.09. The number of likely N-dealkylation sites (tertiary alicyclic amines) is 1. The molecular weight excluding hydrogens is 348 g/mol. The summed E-state index contributed by atoms with van der Waals surface area (Å²) in [6, 6.07) is 9.41. The van der Waals surface area contributed by atoms with E-state index in [1.165, 1.54) is 30.4 Å². The number of rotatable bonds is 6. The molecule has 0 amide bonds. The fourth-order valence-corrected chi connectivity index (χ4v) is 4.74. The summed E-state index contributed by atoms with van der Waals surface area (Å²) >= 11 is 0. The zero-order chi connectivity index (χ0) is 19.2. The first-order valence-corrected chi connectivity index (χ1v) is 10.9. The summed E-state index contributed by atoms with van der Waals surface area (Å²) in [6.07, 6.45) is 10.6. The third-order valence-electron chi connectivity index (χ3n) is 6.28. The van der Waals surface area contributed by atoms with Crippen molar-refractivity contribution in [2.24, 2.45) is 4.99 Å². The molecule has 1 aliphatic carbocycles. The second-order valence-corrected chi connectivity index (χ2v) is 8.09. The van der Waals surface area contributed by atoms with Gasteiger partial charge in [0.2, 0.25) is 0 Å². The molecule has 2 atom stereocenters. The van der Waals surface area contributed by atoms with Crippen molar-refractivity contribution in [2.75, 3.05) is 46.4 Å². The lowest BCUT2D eigenvalue weighted by molar-refractivity contribution is 0.0397. The zero-order valence-corrected chi connectivity index (χ0v) is 17.1. The number of ether oxygens (including phenoxy) is 1. The van der Waals surface area contributed by atoms with Gasteiger partial charge < -0.3 is 15.0 Å². The number of guanidine groups is 1. The summed E-state index contributed by atoms with van der Waals surface area (Å²) < 4.78 is 6.23. The van der Waals surface area contributed by atoms with E-state index < -0.39 is 0 Å². The Bertz CT molecular complexity index is 694. The molecule has 1 saturated heterocycles. The van der Waals surface area contributed by atoms with Gasteiger partial charge in [0.05, 0.1) is 6.10 Å². The highest BCUT2D eigenvalue weighted by atomic mass is 16.5. The topological polar surface area (TPSA) is 40.1 Å². The van der Waals surface area contributed by atoms with Crippen LogP contribution in [0, 0.1) is 0 Å². The van der Waals surface area contributed by atoms with Crippen molar-refractivity contribution in [2.45, 2.75) is 44.2 Å². The highest BCUT2D eigenvalue weighted by molar-refractivity contribution is 5.80. The lowest BCUT2D eigenvalue weighted by atomic mass is 9.89. The SMILES string of the molecule is CN=C(NCCCOC1CCCc2ccccc21)N1CCC(N2CC=CC2)C1. The van der Waals surface area contributed by atoms with Gasteiger partial charge in [-0.25, -0.2) is 0 Å². The Morgan fingerprint density at radius 1 is 1.21 bits per heavy atom. The summed E-state index contributed by atoms with van der Waals surface area (Å²) in [5.74, 6) is 1.04. The summed E-state index contributed by atoms with van der Waals surface area (Å²) in [5, 5.41) is 3.54. The van der Waals surface area contributed by atoms with Crippen LogP contribution in [-0.2, 0) is 11.2 Å². The molecule has 1 aromatic rings. The number of hydrogen-bond donors (Lipinski definition) is 1. The van der Waals surface area contributed by atoms with Gasteiger partial charge in [-0.05, 0) is 43.2 Å². The van der Waals surface area contributed by atoms with Gasteiger partial charge in [0.15, 0.2) is 5.96 Å². The van der Waals surface area contributed by atoms with Crippen LogP contribution in [0.5, 0.6) is 0 Å². The quantitative estimate of drug-likeness (QED) is 0.355. The highest BCUT2D eigenvalue weighted by Gasteiger charge is 2.29. The number of aryl methyl sites for hydroxylation is 1. The molecule has 2 heterocycles. The first-order chi connectivity index (χ1) is 13.8. The molecule has 1 aromatic carbocycles. The third-order valence-corrected chi connectivity index (χ3v) is 6.28. The van der Waals surface area contributed by atoms with E-state index in [1.807, 2.05) is 7.05 Å². The summed E-state index contributed by atoms with van der Waals surface area (Å²) in [7, 11) is 1.89. The maximum atomic E-state index is 6.23. The van der Waals surface area contributed by atoms with E-state index in [0.717, 1.165) is 58.1 Å². The van der Waals surface area contributed by atoms with Gasteiger partial charge in [0.25, 0.3) is 0 Å². The van der Waals surface area contributed by atoms with Crippen LogP contribution in [0.4, 0.5) is 0 Å². The van der Waals surface area contributed by atoms with Crippen LogP contribution >= 0.6 is 0 Å². The first kappa shape index (κ1) is 19.5. The number of aliphatic imine (C=N–C) groups is 1. The first-order valence-electron chi connectivity index (χ1n) is 10.9. The Hall–Kier alpha value is -1.85. The highest BCUT2D eigenvalue weighted by Crippen LogP contribution is 2.32. The minimum atomic E-state index is 0.276. The molecule has 0 radical (unpaired) electrons. The molecule has 0 bridgehead atoms. The smallest absolute Gasteiger partial charge is 0.193 e. The molecule has 0 saturated carbocycles. The van der Waals surface area contributed by atoms with Gasteiger partial charge in [-0.15, -0.1) is 0 Å². The zero-order valence-electron chi connectivity index (χ0n) is 17.1. The van der Waals surface area contributed by atoms with Crippen LogP contribution in [0.15, 0.2) is 41.4 Å². The Labute approximate surface area is 169 Å². The monoisotopic (exact) mass is 382 g/mol. The molecule has 5 heteroatoms. The molecule has 2 aliphatic heterocycles. The van der Waals surface area contributed by atoms with Crippen LogP contribution in [0.2, 0.25) is 0 Å². The molecular formula is C23H34N4O. The van der Waals surface area contributed by atoms with Crippen molar-refractivity contribution in [1.82, 2.24) is 15.1 Å². The predicted molar refractivity (Wildman–Crippen MR) is 115 cm³/mol. The van der Waals surface area contributed by atoms with E-state index >= 15 is 0 Å². The van der Waals surface area contributed by atoms with Gasteiger partial charge in [0, 0.05) is 52.4 Å². The van der Waals surface area contributed by atoms with Crippen LogP contribution in [0.1, 0.15) is 42.9 Å². The Balaban J connectivity index is 1.17. The van der Waals surface area contributed by atoms with Gasteiger partial charge >= 0.3 is 0 Å². The summed E-state index contributed by atoms with van der Waals surface area (Å²) in [6.45, 7) is 6.09. The van der Waals surface area contributed by atoms with Gasteiger partial charge in [-0.1, -0.05) is 36.4 Å². The molecule has 28 heavy (non-hydrogen) atoms. The summed E-state index contributed by atoms with van der Waals surface area (Å²) in [5.41, 5.74) is 2.87. The minimum absolute atomic E-state index is 0.276. The maximum absolute atomic E-state index is 6.23. The Morgan fingerprint density at radius 2 is 2.07 bits per heavy atom. The molecule has 5 nitrogen and oxygen atoms in total. The molecule has 2 unspecified atom stereocenters. The molecule has 0 spiro atoms. The number of hydrogen-bond acceptors (Lipinski definition) is 3. The largest absolute Gasteiger partial charge is 0.373 e. The van der Waals surface area contributed by atoms with Gasteiger partial charge in [0.1, 0.15) is 0 Å². The van der Waals surface area contributed by atoms with E-state index in [4.69, 9.17) is 4.74 Å². The summed E-state index contributed by atoms with van der Waals surface area (Å²) in [4.78, 5) is 9.47. The third kappa shape index (κ3) is 4.58. The maximum Gasteiger partial charge on any atom is 0.193 e. The van der Waals surface area contributed by atoms with E-state index in [2.05, 4.69) is 56.5 Å². The fraction of sp³-hybridized carbons (Fsp3) is 0.609. The Morgan fingerprint density at radius 3 is 2.93 bits per heavy atom. The standard InChI is InChI=1S/C23H34N4O/c1-24-23(27-16-12-20(18-27)26-14-4-5-15-26)25-13-7-17-28-22-11-6-9-19-8-2-3-10-21(19)22/h2-5,8,10,20,22H,6-7,9,11-18H2,1H3,(H,24,25). The fourth-order valence-electron chi connectivity index (χ4n) is 4.74. The molecule has 152 valence electrons. The van der Waals surface area contributed by atoms with Crippen molar-refractivity contribution in [3.05, 3.63) is 47.5 Å². The molecule has 1 N–H and O–H groups in total. The van der Waals surface area contributed by atoms with Gasteiger partial charge in [-0.2, -0.15) is 0 Å². The number of nitrogens with zero attached hydrogens (tertiary/aromatic N) is 3. The average Bonchev–Trinajstić information content (AvgIpc) is 3.42. The molecule has 0 aromatic heterocycles. The van der Waals surface area contributed by atoms with Crippen molar-refractivity contribution in [1.29, 1.82) is 0 Å². The number of fused-ring (bicyclic) bond motifs is 1. The van der Waals surface area contributed by atoms with E-state index in [-0.39, 0.29) is 6.10 Å². The van der Waals surface area contributed by atoms with E-state index in [0.29, 0.717) is 6.04 Å². The molecule has 4 rings (SSSR count). The Kier molecular flexibility index (Phi) is 6.65. The lowest BCUT2D eigenvalue weighted by Gasteiger charge is -2.26. The van der Waals surface area contributed by atoms with Crippen molar-refractivity contribution < 1.29 is 4.74 Å². The van der Waals surface area contributed by atoms with Gasteiger partial charge in [-0.3, -0.25) is 9.89 Å². The van der Waals surface area contributed by atoms with Crippen molar-refractivity contribution in [3.63, 3.8) is 0 Å². The van der Waals surface area contributed by atoms with E-state index in [9.17, 15) is 0 Å². The van der Waals surface area contributed by atoms with E-state index in [1.54, 1.807) is 0 Å². The van der Waals surface area contributed by atoms with Crippen molar-refractivity contribution in [3.8, 4) is 0 Å². The number of nitrogens with one attached hydrogen (secondary N) is 1. The second kappa shape index (κ2) is 9.57. The molecule has 1 fully saturated rings. The van der Waals surface area contributed by atoms with Crippen molar-refractivity contribution >= 4 is 5.96 Å². The normalized spacial score (nSPS) is 25.3. The van der Waals surface area contributed by atoms with Crippen LogP contribution in [0.25, 0.3) is 0 Å². The predicted octanol–water partition coefficient (Wildman–Crippen LogP) is 2.99. The molecule has 3 aliphatic rings. The minimum Gasteiger partial charge on any atom is -0.373 e. The average molecular weight is 383 g/mol. The number of benzene rings is 1. The lowest BCUT2D eigenvalue weighted by Crippen LogP contribution is -2.43.